The normalized spacial score (nSPS) is 12.4. The van der Waals surface area contributed by atoms with Gasteiger partial charge >= 0.3 is 0 Å². The number of carbonyl (C=O) groups is 1. The zero-order chi connectivity index (χ0) is 11.1. The van der Waals surface area contributed by atoms with Crippen LogP contribution in [0.1, 0.15) is 12.8 Å². The summed E-state index contributed by atoms with van der Waals surface area (Å²) in [5, 5.41) is 2.94. The second-order valence-electron chi connectivity index (χ2n) is 3.14. The van der Waals surface area contributed by atoms with Gasteiger partial charge in [0.25, 0.3) is 5.24 Å². The molecule has 0 heterocycles. The minimum Gasteiger partial charge on any atom is -0.368 e. The van der Waals surface area contributed by atoms with Crippen molar-refractivity contribution in [2.45, 2.75) is 12.8 Å². The van der Waals surface area contributed by atoms with Crippen LogP contribution in [0.4, 0.5) is 0 Å². The summed E-state index contributed by atoms with van der Waals surface area (Å²) < 4.78 is 0. The van der Waals surface area contributed by atoms with E-state index in [1.165, 1.54) is 0 Å². The third kappa shape index (κ3) is 4.84. The van der Waals surface area contributed by atoms with Crippen LogP contribution < -0.4 is 5.32 Å². The highest BCUT2D eigenvalue weighted by molar-refractivity contribution is 6.68. The Bertz CT molecular complexity index is 227. The Morgan fingerprint density at radius 3 is 2.29 bits per heavy atom. The van der Waals surface area contributed by atoms with Gasteiger partial charge in [0, 0.05) is 19.7 Å². The van der Waals surface area contributed by atoms with Crippen LogP contribution in [0.2, 0.25) is 0 Å². The third-order valence-corrected chi connectivity index (χ3v) is 2.53. The summed E-state index contributed by atoms with van der Waals surface area (Å²) in [5.41, 5.74) is 0.480. The maximum absolute atomic E-state index is 11.1. The topological polar surface area (TPSA) is 32.3 Å². The average Bonchev–Trinajstić information content (AvgIpc) is 2.10. The highest BCUT2D eigenvalue weighted by Crippen LogP contribution is 2.19. The van der Waals surface area contributed by atoms with Gasteiger partial charge in [-0.1, -0.05) is 11.6 Å². The molecule has 0 bridgehead atoms. The van der Waals surface area contributed by atoms with E-state index in [1.807, 2.05) is 7.05 Å². The van der Waals surface area contributed by atoms with Gasteiger partial charge in [0.15, 0.2) is 0 Å². The van der Waals surface area contributed by atoms with E-state index in [2.05, 4.69) is 5.32 Å². The molecule has 0 aromatic rings. The van der Waals surface area contributed by atoms with E-state index in [0.29, 0.717) is 17.2 Å². The first kappa shape index (κ1) is 13.8. The predicted octanol–water partition coefficient (Wildman–Crippen LogP) is 1.76. The van der Waals surface area contributed by atoms with E-state index in [4.69, 9.17) is 23.2 Å². The van der Waals surface area contributed by atoms with Crippen molar-refractivity contribution in [2.24, 2.45) is 0 Å². The molecule has 0 aliphatic rings. The quantitative estimate of drug-likeness (QED) is 0.332. The molecule has 0 unspecified atom stereocenters. The van der Waals surface area contributed by atoms with E-state index in [1.54, 1.807) is 19.0 Å². The Kier molecular flexibility index (Phi) is 6.97. The summed E-state index contributed by atoms with van der Waals surface area (Å²) in [4.78, 5) is 12.7. The lowest BCUT2D eigenvalue weighted by Gasteiger charge is -2.14. The van der Waals surface area contributed by atoms with Crippen molar-refractivity contribution in [1.29, 1.82) is 0 Å². The van der Waals surface area contributed by atoms with Crippen molar-refractivity contribution in [1.82, 2.24) is 10.2 Å². The molecule has 0 aromatic heterocycles. The van der Waals surface area contributed by atoms with E-state index < -0.39 is 5.24 Å². The molecule has 0 amide bonds. The highest BCUT2D eigenvalue weighted by Gasteiger charge is 2.12. The molecular weight excluding hydrogens is 223 g/mol. The summed E-state index contributed by atoms with van der Waals surface area (Å²) in [6.45, 7) is 0.839. The molecule has 0 radical (unpaired) electrons. The summed E-state index contributed by atoms with van der Waals surface area (Å²) in [5.74, 6) is 0. The second-order valence-corrected chi connectivity index (χ2v) is 3.85. The van der Waals surface area contributed by atoms with Gasteiger partial charge in [-0.3, -0.25) is 4.79 Å². The van der Waals surface area contributed by atoms with Crippen molar-refractivity contribution in [3.05, 3.63) is 10.7 Å². The number of hydrogen-bond donors (Lipinski definition) is 1. The standard InChI is InChI=1S/C9H16Cl2N2O/c1-12-6-4-5-7(9(11)14)8(10)13(2)3/h12H,4-6H2,1-3H3/b8-7+. The molecule has 0 atom stereocenters. The maximum atomic E-state index is 11.1. The van der Waals surface area contributed by atoms with Crippen molar-refractivity contribution in [3.63, 3.8) is 0 Å². The largest absolute Gasteiger partial charge is 0.368 e. The summed E-state index contributed by atoms with van der Waals surface area (Å²) in [6.07, 6.45) is 1.44. The van der Waals surface area contributed by atoms with Gasteiger partial charge in [-0.25, -0.2) is 0 Å². The minimum atomic E-state index is -0.472. The number of carbonyl (C=O) groups excluding carboxylic acids is 1. The van der Waals surface area contributed by atoms with Crippen LogP contribution in [0, 0.1) is 0 Å². The number of rotatable bonds is 6. The number of nitrogens with zero attached hydrogens (tertiary/aromatic N) is 1. The van der Waals surface area contributed by atoms with Crippen LogP contribution in [0.15, 0.2) is 10.7 Å². The van der Waals surface area contributed by atoms with E-state index in [-0.39, 0.29) is 0 Å². The molecule has 1 N–H and O–H groups in total. The number of allylic oxidation sites excluding steroid dienone is 1. The first-order valence-electron chi connectivity index (χ1n) is 4.41. The molecule has 0 fully saturated rings. The fourth-order valence-electron chi connectivity index (χ4n) is 0.994. The SMILES string of the molecule is CNCCC/C(C(=O)Cl)=C(/Cl)N(C)C. The van der Waals surface area contributed by atoms with E-state index >= 15 is 0 Å². The Morgan fingerprint density at radius 2 is 1.93 bits per heavy atom. The van der Waals surface area contributed by atoms with Gasteiger partial charge in [-0.2, -0.15) is 0 Å². The van der Waals surface area contributed by atoms with Gasteiger partial charge in [0.05, 0.1) is 0 Å². The monoisotopic (exact) mass is 238 g/mol. The molecule has 0 aliphatic heterocycles. The van der Waals surface area contributed by atoms with Crippen molar-refractivity contribution >= 4 is 28.4 Å². The van der Waals surface area contributed by atoms with Crippen molar-refractivity contribution < 1.29 is 4.79 Å². The molecule has 0 saturated carbocycles. The molecule has 82 valence electrons. The molecule has 14 heavy (non-hydrogen) atoms. The summed E-state index contributed by atoms with van der Waals surface area (Å²) >= 11 is 11.4. The summed E-state index contributed by atoms with van der Waals surface area (Å²) in [6, 6.07) is 0. The third-order valence-electron chi connectivity index (χ3n) is 1.73. The van der Waals surface area contributed by atoms with Crippen LogP contribution >= 0.6 is 23.2 Å². The van der Waals surface area contributed by atoms with Crippen molar-refractivity contribution in [3.8, 4) is 0 Å². The van der Waals surface area contributed by atoms with Gasteiger partial charge in [0.1, 0.15) is 5.16 Å². The molecule has 0 spiro atoms. The Labute approximate surface area is 95.0 Å². The van der Waals surface area contributed by atoms with Crippen LogP contribution in [0.3, 0.4) is 0 Å². The molecule has 3 nitrogen and oxygen atoms in total. The number of nitrogens with one attached hydrogen (secondary N) is 1. The first-order valence-corrected chi connectivity index (χ1v) is 5.16. The van der Waals surface area contributed by atoms with E-state index in [9.17, 15) is 4.79 Å². The van der Waals surface area contributed by atoms with Crippen LogP contribution in [-0.4, -0.2) is 37.8 Å². The number of halogens is 2. The molecule has 0 saturated heterocycles. The zero-order valence-electron chi connectivity index (χ0n) is 8.73. The molecular formula is C9H16Cl2N2O. The first-order chi connectivity index (χ1) is 6.50. The Balaban J connectivity index is 4.44. The lowest BCUT2D eigenvalue weighted by molar-refractivity contribution is -0.108. The highest BCUT2D eigenvalue weighted by atomic mass is 35.5. The minimum absolute atomic E-state index is 0.418. The summed E-state index contributed by atoms with van der Waals surface area (Å²) in [7, 11) is 5.42. The maximum Gasteiger partial charge on any atom is 0.251 e. The fourth-order valence-corrected chi connectivity index (χ4v) is 1.41. The average molecular weight is 239 g/mol. The zero-order valence-corrected chi connectivity index (χ0v) is 10.2. The predicted molar refractivity (Wildman–Crippen MR) is 60.6 cm³/mol. The number of hydrogen-bond acceptors (Lipinski definition) is 3. The smallest absolute Gasteiger partial charge is 0.251 e. The fraction of sp³-hybridized carbons (Fsp3) is 0.667. The molecule has 0 rings (SSSR count). The molecule has 5 heteroatoms. The second kappa shape index (κ2) is 7.10. The van der Waals surface area contributed by atoms with Crippen molar-refractivity contribution in [2.75, 3.05) is 27.7 Å². The molecule has 0 aliphatic carbocycles. The van der Waals surface area contributed by atoms with E-state index in [0.717, 1.165) is 13.0 Å². The Morgan fingerprint density at radius 1 is 1.36 bits per heavy atom. The lowest BCUT2D eigenvalue weighted by Crippen LogP contribution is -2.14. The van der Waals surface area contributed by atoms with Crippen LogP contribution in [0.25, 0.3) is 0 Å². The lowest BCUT2D eigenvalue weighted by atomic mass is 10.1. The van der Waals surface area contributed by atoms with Gasteiger partial charge in [-0.15, -0.1) is 0 Å². The van der Waals surface area contributed by atoms with Gasteiger partial charge in [0.2, 0.25) is 0 Å². The van der Waals surface area contributed by atoms with Gasteiger partial charge < -0.3 is 10.2 Å². The Hall–Kier alpha value is -0.250. The molecule has 0 aromatic carbocycles. The van der Waals surface area contributed by atoms with Crippen LogP contribution in [0.5, 0.6) is 0 Å². The van der Waals surface area contributed by atoms with Gasteiger partial charge in [-0.05, 0) is 38.0 Å². The van der Waals surface area contributed by atoms with Crippen LogP contribution in [-0.2, 0) is 4.79 Å².